The second-order valence-electron chi connectivity index (χ2n) is 9.03. The van der Waals surface area contributed by atoms with Crippen molar-refractivity contribution < 1.29 is 8.42 Å². The van der Waals surface area contributed by atoms with Crippen molar-refractivity contribution in [2.45, 2.75) is 64.4 Å². The molecule has 1 aromatic carbocycles. The molecule has 0 spiro atoms. The van der Waals surface area contributed by atoms with Gasteiger partial charge < -0.3 is 4.57 Å². The Morgan fingerprint density at radius 1 is 1.07 bits per heavy atom. The number of likely N-dealkylation sites (tertiary alicyclic amines) is 1. The lowest BCUT2D eigenvalue weighted by atomic mass is 9.92. The fourth-order valence-corrected chi connectivity index (χ4v) is 6.71. The zero-order chi connectivity index (χ0) is 20.6. The van der Waals surface area contributed by atoms with Crippen molar-refractivity contribution in [2.24, 2.45) is 11.8 Å². The van der Waals surface area contributed by atoms with Crippen molar-refractivity contribution in [3.05, 3.63) is 24.0 Å². The fraction of sp³-hybridized carbons (Fsp3) is 0.682. The van der Waals surface area contributed by atoms with Gasteiger partial charge in [-0.3, -0.25) is 4.90 Å². The van der Waals surface area contributed by atoms with E-state index < -0.39 is 10.0 Å². The molecule has 2 saturated heterocycles. The molecule has 1 aromatic heterocycles. The average Bonchev–Trinajstić information content (AvgIpc) is 3.03. The number of aromatic nitrogens is 2. The number of nitrogens with zero attached hydrogens (tertiary/aromatic N) is 4. The number of benzene rings is 1. The molecular weight excluding hydrogens is 384 g/mol. The molecule has 0 radical (unpaired) electrons. The molecule has 0 bridgehead atoms. The van der Waals surface area contributed by atoms with Crippen LogP contribution in [0, 0.1) is 11.8 Å². The zero-order valence-electron chi connectivity index (χ0n) is 18.0. The van der Waals surface area contributed by atoms with Gasteiger partial charge in [0.15, 0.2) is 0 Å². The topological polar surface area (TPSA) is 58.4 Å². The molecule has 0 aliphatic carbocycles. The molecule has 0 unspecified atom stereocenters. The Morgan fingerprint density at radius 2 is 1.76 bits per heavy atom. The maximum atomic E-state index is 13.1. The summed E-state index contributed by atoms with van der Waals surface area (Å²) in [4.78, 5) is 7.76. The summed E-state index contributed by atoms with van der Waals surface area (Å²) in [6.45, 7) is 11.9. The minimum atomic E-state index is -3.43. The minimum Gasteiger partial charge on any atom is -0.327 e. The van der Waals surface area contributed by atoms with Crippen LogP contribution in [0.2, 0.25) is 0 Å². The molecule has 2 atom stereocenters. The molecular formula is C22H34N4O2S. The highest BCUT2D eigenvalue weighted by Gasteiger charge is 2.27. The van der Waals surface area contributed by atoms with Gasteiger partial charge in [0, 0.05) is 32.7 Å². The van der Waals surface area contributed by atoms with Crippen molar-refractivity contribution >= 4 is 21.1 Å². The van der Waals surface area contributed by atoms with Gasteiger partial charge in [-0.05, 0) is 56.2 Å². The number of hydrogen-bond donors (Lipinski definition) is 0. The monoisotopic (exact) mass is 418 g/mol. The van der Waals surface area contributed by atoms with E-state index in [2.05, 4.69) is 30.2 Å². The van der Waals surface area contributed by atoms with Crippen LogP contribution < -0.4 is 0 Å². The van der Waals surface area contributed by atoms with E-state index in [0.29, 0.717) is 29.8 Å². The summed E-state index contributed by atoms with van der Waals surface area (Å²) in [6, 6.07) is 5.47. The Bertz CT molecular complexity index is 953. The van der Waals surface area contributed by atoms with Crippen LogP contribution in [0.4, 0.5) is 0 Å². The van der Waals surface area contributed by atoms with Crippen molar-refractivity contribution in [1.29, 1.82) is 0 Å². The Labute approximate surface area is 174 Å². The summed E-state index contributed by atoms with van der Waals surface area (Å²) in [6.07, 6.45) is 4.30. The van der Waals surface area contributed by atoms with E-state index in [4.69, 9.17) is 4.98 Å². The Balaban J connectivity index is 1.64. The number of fused-ring (bicyclic) bond motifs is 1. The summed E-state index contributed by atoms with van der Waals surface area (Å²) in [5.41, 5.74) is 1.82. The maximum Gasteiger partial charge on any atom is 0.243 e. The first-order valence-electron chi connectivity index (χ1n) is 11.1. The van der Waals surface area contributed by atoms with E-state index in [9.17, 15) is 8.42 Å². The lowest BCUT2D eigenvalue weighted by Crippen LogP contribution is -2.38. The first-order valence-corrected chi connectivity index (χ1v) is 12.5. The van der Waals surface area contributed by atoms with Gasteiger partial charge in [0.05, 0.1) is 22.5 Å². The van der Waals surface area contributed by atoms with Crippen LogP contribution >= 0.6 is 0 Å². The van der Waals surface area contributed by atoms with Gasteiger partial charge in [0.1, 0.15) is 5.82 Å². The van der Waals surface area contributed by atoms with E-state index in [1.807, 2.05) is 6.07 Å². The van der Waals surface area contributed by atoms with Crippen LogP contribution in [0.1, 0.15) is 52.3 Å². The van der Waals surface area contributed by atoms with Crippen LogP contribution in [0.25, 0.3) is 11.0 Å². The third-order valence-electron chi connectivity index (χ3n) is 6.38. The van der Waals surface area contributed by atoms with Gasteiger partial charge in [0.2, 0.25) is 10.0 Å². The Hall–Kier alpha value is -1.44. The molecule has 0 amide bonds. The third kappa shape index (κ3) is 4.23. The van der Waals surface area contributed by atoms with Crippen molar-refractivity contribution in [2.75, 3.05) is 26.2 Å². The number of piperidine rings is 2. The van der Waals surface area contributed by atoms with Crippen LogP contribution in [0.3, 0.4) is 0 Å². The van der Waals surface area contributed by atoms with E-state index in [1.54, 1.807) is 16.4 Å². The maximum absolute atomic E-state index is 13.1. The summed E-state index contributed by atoms with van der Waals surface area (Å²) < 4.78 is 30.0. The zero-order valence-corrected chi connectivity index (χ0v) is 18.8. The standard InChI is InChI=1S/C22H34N4O2S/c1-4-26-21-9-8-19(29(27,28)25-10-6-5-7-11-25)13-20(21)23-22(26)16-24-14-17(2)12-18(3)15-24/h8-9,13,17-18H,4-7,10-12,14-16H2,1-3H3/t17-,18-/m1/s1. The van der Waals surface area contributed by atoms with Gasteiger partial charge in [0.25, 0.3) is 0 Å². The molecule has 2 aliphatic heterocycles. The normalized spacial score (nSPS) is 24.9. The SMILES string of the molecule is CCn1c(CN2C[C@H](C)C[C@@H](C)C2)nc2cc(S(=O)(=O)N3CCCCC3)ccc21. The summed E-state index contributed by atoms with van der Waals surface area (Å²) in [7, 11) is -3.43. The number of aryl methyl sites for hydroxylation is 1. The largest absolute Gasteiger partial charge is 0.327 e. The fourth-order valence-electron chi connectivity index (χ4n) is 5.17. The number of rotatable bonds is 5. The Kier molecular flexibility index (Phi) is 6.00. The Morgan fingerprint density at radius 3 is 2.41 bits per heavy atom. The number of imidazole rings is 1. The molecule has 4 rings (SSSR count). The highest BCUT2D eigenvalue weighted by molar-refractivity contribution is 7.89. The van der Waals surface area contributed by atoms with Crippen LogP contribution in [-0.4, -0.2) is 53.4 Å². The highest BCUT2D eigenvalue weighted by atomic mass is 32.2. The van der Waals surface area contributed by atoms with E-state index in [1.165, 1.54) is 6.42 Å². The third-order valence-corrected chi connectivity index (χ3v) is 8.27. The summed E-state index contributed by atoms with van der Waals surface area (Å²) in [5, 5.41) is 0. The molecule has 29 heavy (non-hydrogen) atoms. The van der Waals surface area contributed by atoms with Crippen LogP contribution in [0.15, 0.2) is 23.1 Å². The van der Waals surface area contributed by atoms with Crippen LogP contribution in [-0.2, 0) is 23.1 Å². The molecule has 3 heterocycles. The predicted octanol–water partition coefficient (Wildman–Crippen LogP) is 3.71. The number of sulfonamides is 1. The van der Waals surface area contributed by atoms with Crippen molar-refractivity contribution in [1.82, 2.24) is 18.8 Å². The summed E-state index contributed by atoms with van der Waals surface area (Å²) in [5.74, 6) is 2.45. The van der Waals surface area contributed by atoms with Gasteiger partial charge in [-0.15, -0.1) is 0 Å². The molecule has 0 N–H and O–H groups in total. The average molecular weight is 419 g/mol. The van der Waals surface area contributed by atoms with Gasteiger partial charge in [-0.25, -0.2) is 13.4 Å². The molecule has 0 saturated carbocycles. The van der Waals surface area contributed by atoms with E-state index >= 15 is 0 Å². The molecule has 2 aliphatic rings. The predicted molar refractivity (Wildman–Crippen MR) is 116 cm³/mol. The first-order chi connectivity index (χ1) is 13.9. The number of hydrogen-bond acceptors (Lipinski definition) is 4. The second kappa shape index (κ2) is 8.36. The first kappa shape index (κ1) is 20.8. The lowest BCUT2D eigenvalue weighted by Gasteiger charge is -2.34. The smallest absolute Gasteiger partial charge is 0.243 e. The lowest BCUT2D eigenvalue weighted by molar-refractivity contribution is 0.130. The van der Waals surface area contributed by atoms with E-state index in [0.717, 1.165) is 62.3 Å². The van der Waals surface area contributed by atoms with Crippen molar-refractivity contribution in [3.63, 3.8) is 0 Å². The minimum absolute atomic E-state index is 0.374. The second-order valence-corrected chi connectivity index (χ2v) is 11.0. The molecule has 7 heteroatoms. The van der Waals surface area contributed by atoms with Crippen LogP contribution in [0.5, 0.6) is 0 Å². The van der Waals surface area contributed by atoms with Gasteiger partial charge >= 0.3 is 0 Å². The molecule has 160 valence electrons. The van der Waals surface area contributed by atoms with Crippen molar-refractivity contribution in [3.8, 4) is 0 Å². The van der Waals surface area contributed by atoms with E-state index in [-0.39, 0.29) is 0 Å². The molecule has 6 nitrogen and oxygen atoms in total. The highest BCUT2D eigenvalue weighted by Crippen LogP contribution is 2.27. The molecule has 2 fully saturated rings. The summed E-state index contributed by atoms with van der Waals surface area (Å²) >= 11 is 0. The quantitative estimate of drug-likeness (QED) is 0.743. The van der Waals surface area contributed by atoms with Gasteiger partial charge in [-0.2, -0.15) is 4.31 Å². The van der Waals surface area contributed by atoms with Gasteiger partial charge in [-0.1, -0.05) is 20.3 Å². The molecule has 2 aromatic rings.